The number of benzene rings is 2. The number of nitrogens with one attached hydrogen (secondary N) is 1. The lowest BCUT2D eigenvalue weighted by atomic mass is 10.0. The normalized spacial score (nSPS) is 15.8. The first kappa shape index (κ1) is 22.3. The second kappa shape index (κ2) is 8.91. The number of carbonyl (C=O) groups excluding carboxylic acids is 1. The van der Waals surface area contributed by atoms with E-state index in [0.29, 0.717) is 30.2 Å². The maximum absolute atomic E-state index is 13.0. The minimum atomic E-state index is -3.67. The Hall–Kier alpha value is -2.91. The standard InChI is InChI=1S/C23H27N3O5S/c1-3-17-5-4-6-18(13-17)24-22(27)15-26-20-8-7-19(14-21(20)31-23(26)28)32(29,30)25-11-9-16(2)10-12-25/h4-8,13-14,16H,3,9-12,15H2,1-2H3,(H,24,27). The molecule has 0 saturated carbocycles. The molecule has 9 heteroatoms. The molecule has 3 aromatic rings. The number of carbonyl (C=O) groups is 1. The molecule has 4 rings (SSSR count). The highest BCUT2D eigenvalue weighted by Crippen LogP contribution is 2.26. The van der Waals surface area contributed by atoms with E-state index in [1.54, 1.807) is 6.07 Å². The van der Waals surface area contributed by atoms with Crippen LogP contribution in [-0.2, 0) is 27.8 Å². The first-order valence-corrected chi connectivity index (χ1v) is 12.2. The molecule has 8 nitrogen and oxygen atoms in total. The van der Waals surface area contributed by atoms with Crippen LogP contribution in [-0.4, -0.2) is 36.3 Å². The van der Waals surface area contributed by atoms with Gasteiger partial charge in [-0.2, -0.15) is 4.31 Å². The zero-order chi connectivity index (χ0) is 22.9. The van der Waals surface area contributed by atoms with Crippen LogP contribution in [0.4, 0.5) is 5.69 Å². The molecule has 2 heterocycles. The molecule has 1 aromatic heterocycles. The van der Waals surface area contributed by atoms with Crippen molar-refractivity contribution in [2.24, 2.45) is 5.92 Å². The van der Waals surface area contributed by atoms with Crippen LogP contribution >= 0.6 is 0 Å². The molecule has 0 aliphatic carbocycles. The van der Waals surface area contributed by atoms with Gasteiger partial charge in [-0.1, -0.05) is 26.0 Å². The predicted molar refractivity (Wildman–Crippen MR) is 122 cm³/mol. The second-order valence-electron chi connectivity index (χ2n) is 8.27. The molecular formula is C23H27N3O5S. The maximum Gasteiger partial charge on any atom is 0.420 e. The number of amides is 1. The molecule has 1 amide bonds. The zero-order valence-corrected chi connectivity index (χ0v) is 19.0. The zero-order valence-electron chi connectivity index (χ0n) is 18.2. The monoisotopic (exact) mass is 457 g/mol. The molecule has 1 saturated heterocycles. The highest BCUT2D eigenvalue weighted by atomic mass is 32.2. The summed E-state index contributed by atoms with van der Waals surface area (Å²) in [6, 6.07) is 11.8. The SMILES string of the molecule is CCc1cccc(NC(=O)Cn2c(=O)oc3cc(S(=O)(=O)N4CCC(C)CC4)ccc32)c1. The smallest absolute Gasteiger partial charge is 0.408 e. The number of rotatable bonds is 6. The van der Waals surface area contributed by atoms with Crippen LogP contribution in [0.1, 0.15) is 32.3 Å². The van der Waals surface area contributed by atoms with E-state index >= 15 is 0 Å². The van der Waals surface area contributed by atoms with Gasteiger partial charge in [0.2, 0.25) is 15.9 Å². The third-order valence-corrected chi connectivity index (χ3v) is 7.84. The topological polar surface area (TPSA) is 102 Å². The summed E-state index contributed by atoms with van der Waals surface area (Å²) in [7, 11) is -3.67. The largest absolute Gasteiger partial charge is 0.420 e. The number of hydrogen-bond donors (Lipinski definition) is 1. The van der Waals surface area contributed by atoms with Crippen molar-refractivity contribution in [3.05, 3.63) is 58.6 Å². The van der Waals surface area contributed by atoms with E-state index in [9.17, 15) is 18.0 Å². The lowest BCUT2D eigenvalue weighted by Gasteiger charge is -2.29. The van der Waals surface area contributed by atoms with Crippen molar-refractivity contribution >= 4 is 32.7 Å². The fourth-order valence-corrected chi connectivity index (χ4v) is 5.43. The Kier molecular flexibility index (Phi) is 6.21. The van der Waals surface area contributed by atoms with Crippen LogP contribution in [0.2, 0.25) is 0 Å². The molecule has 0 radical (unpaired) electrons. The Balaban J connectivity index is 1.56. The van der Waals surface area contributed by atoms with Crippen LogP contribution in [0, 0.1) is 5.92 Å². The number of aromatic nitrogens is 1. The first-order valence-electron chi connectivity index (χ1n) is 10.8. The van der Waals surface area contributed by atoms with E-state index in [0.717, 1.165) is 24.8 Å². The Morgan fingerprint density at radius 3 is 2.62 bits per heavy atom. The molecule has 1 N–H and O–H groups in total. The van der Waals surface area contributed by atoms with Crippen molar-refractivity contribution in [3.63, 3.8) is 0 Å². The number of sulfonamides is 1. The average molecular weight is 458 g/mol. The molecular weight excluding hydrogens is 430 g/mol. The molecule has 0 spiro atoms. The summed E-state index contributed by atoms with van der Waals surface area (Å²) in [5.74, 6) is -0.576. The number of piperidine rings is 1. The summed E-state index contributed by atoms with van der Waals surface area (Å²) >= 11 is 0. The highest BCUT2D eigenvalue weighted by Gasteiger charge is 2.29. The van der Waals surface area contributed by atoms with Crippen LogP contribution in [0.3, 0.4) is 0 Å². The number of hydrogen-bond acceptors (Lipinski definition) is 5. The van der Waals surface area contributed by atoms with Crippen molar-refractivity contribution in [3.8, 4) is 0 Å². The van der Waals surface area contributed by atoms with E-state index in [1.807, 2.05) is 25.1 Å². The van der Waals surface area contributed by atoms with Gasteiger partial charge in [0, 0.05) is 24.8 Å². The minimum absolute atomic E-state index is 0.0845. The summed E-state index contributed by atoms with van der Waals surface area (Å²) < 4.78 is 33.9. The fourth-order valence-electron chi connectivity index (χ4n) is 3.94. The molecule has 1 aliphatic heterocycles. The van der Waals surface area contributed by atoms with Crippen LogP contribution in [0.15, 0.2) is 56.6 Å². The van der Waals surface area contributed by atoms with Gasteiger partial charge >= 0.3 is 5.76 Å². The fraction of sp³-hybridized carbons (Fsp3) is 0.391. The summed E-state index contributed by atoms with van der Waals surface area (Å²) in [4.78, 5) is 25.0. The quantitative estimate of drug-likeness (QED) is 0.612. The second-order valence-corrected chi connectivity index (χ2v) is 10.2. The molecule has 2 aromatic carbocycles. The Morgan fingerprint density at radius 2 is 1.91 bits per heavy atom. The lowest BCUT2D eigenvalue weighted by molar-refractivity contribution is -0.116. The van der Waals surface area contributed by atoms with Gasteiger partial charge in [0.25, 0.3) is 0 Å². The predicted octanol–water partition coefficient (Wildman–Crippen LogP) is 3.22. The highest BCUT2D eigenvalue weighted by molar-refractivity contribution is 7.89. The van der Waals surface area contributed by atoms with E-state index in [1.165, 1.54) is 27.1 Å². The van der Waals surface area contributed by atoms with Gasteiger partial charge in [0.05, 0.1) is 10.4 Å². The van der Waals surface area contributed by atoms with Gasteiger partial charge in [-0.05, 0) is 55.0 Å². The number of fused-ring (bicyclic) bond motifs is 1. The number of anilines is 1. The van der Waals surface area contributed by atoms with Gasteiger partial charge in [0.15, 0.2) is 5.58 Å². The van der Waals surface area contributed by atoms with Gasteiger partial charge in [-0.3, -0.25) is 9.36 Å². The molecule has 1 fully saturated rings. The van der Waals surface area contributed by atoms with Gasteiger partial charge in [-0.15, -0.1) is 0 Å². The number of oxazole rings is 1. The molecule has 170 valence electrons. The van der Waals surface area contributed by atoms with Crippen molar-refractivity contribution in [2.45, 2.75) is 44.6 Å². The third kappa shape index (κ3) is 4.49. The van der Waals surface area contributed by atoms with Crippen LogP contribution < -0.4 is 11.1 Å². The van der Waals surface area contributed by atoms with Crippen molar-refractivity contribution in [2.75, 3.05) is 18.4 Å². The number of nitrogens with zero attached hydrogens (tertiary/aromatic N) is 2. The summed E-state index contributed by atoms with van der Waals surface area (Å²) in [6.07, 6.45) is 2.49. The van der Waals surface area contributed by atoms with Crippen molar-refractivity contribution < 1.29 is 17.6 Å². The maximum atomic E-state index is 13.0. The van der Waals surface area contributed by atoms with Crippen LogP contribution in [0.5, 0.6) is 0 Å². The molecule has 0 atom stereocenters. The first-order chi connectivity index (χ1) is 15.3. The summed E-state index contributed by atoms with van der Waals surface area (Å²) in [5, 5.41) is 2.79. The lowest BCUT2D eigenvalue weighted by Crippen LogP contribution is -2.37. The van der Waals surface area contributed by atoms with Gasteiger partial charge < -0.3 is 9.73 Å². The molecule has 32 heavy (non-hydrogen) atoms. The van der Waals surface area contributed by atoms with Crippen molar-refractivity contribution in [1.29, 1.82) is 0 Å². The van der Waals surface area contributed by atoms with Gasteiger partial charge in [-0.25, -0.2) is 13.2 Å². The number of aryl methyl sites for hydroxylation is 1. The summed E-state index contributed by atoms with van der Waals surface area (Å²) in [5.41, 5.74) is 2.26. The minimum Gasteiger partial charge on any atom is -0.408 e. The molecule has 0 unspecified atom stereocenters. The van der Waals surface area contributed by atoms with Gasteiger partial charge in [0.1, 0.15) is 6.54 Å². The Labute approximate surface area is 186 Å². The average Bonchev–Trinajstić information content (AvgIpc) is 3.08. The van der Waals surface area contributed by atoms with E-state index < -0.39 is 15.8 Å². The van der Waals surface area contributed by atoms with Crippen LogP contribution in [0.25, 0.3) is 11.1 Å². The van der Waals surface area contributed by atoms with E-state index in [2.05, 4.69) is 12.2 Å². The third-order valence-electron chi connectivity index (χ3n) is 5.94. The summed E-state index contributed by atoms with van der Waals surface area (Å²) in [6.45, 7) is 4.86. The van der Waals surface area contributed by atoms with E-state index in [-0.39, 0.29) is 22.9 Å². The Morgan fingerprint density at radius 1 is 1.16 bits per heavy atom. The molecule has 1 aliphatic rings. The van der Waals surface area contributed by atoms with Crippen molar-refractivity contribution in [1.82, 2.24) is 8.87 Å². The van der Waals surface area contributed by atoms with E-state index in [4.69, 9.17) is 4.42 Å². The molecule has 0 bridgehead atoms. The Bertz CT molecular complexity index is 1300.